The van der Waals surface area contributed by atoms with E-state index in [0.717, 1.165) is 11.1 Å². The molecule has 88 valence electrons. The Morgan fingerprint density at radius 2 is 1.81 bits per heavy atom. The Balaban J connectivity index is 0.000000606. The van der Waals surface area contributed by atoms with Crippen molar-refractivity contribution in [3.63, 3.8) is 0 Å². The van der Waals surface area contributed by atoms with Gasteiger partial charge in [-0.1, -0.05) is 13.8 Å². The van der Waals surface area contributed by atoms with Crippen LogP contribution in [0, 0.1) is 6.92 Å². The molecule has 0 atom stereocenters. The maximum absolute atomic E-state index is 11.0. The number of aryl methyl sites for hydroxylation is 1. The van der Waals surface area contributed by atoms with Crippen molar-refractivity contribution in [3.8, 4) is 0 Å². The van der Waals surface area contributed by atoms with E-state index in [1.807, 2.05) is 19.9 Å². The van der Waals surface area contributed by atoms with Crippen LogP contribution in [-0.2, 0) is 10.0 Å². The van der Waals surface area contributed by atoms with E-state index in [2.05, 4.69) is 0 Å². The van der Waals surface area contributed by atoms with Crippen LogP contribution >= 0.6 is 0 Å². The molecule has 0 saturated carbocycles. The summed E-state index contributed by atoms with van der Waals surface area (Å²) in [5.41, 5.74) is 0.536. The number of nitrogens with two attached hydrogens (primary N) is 1. The van der Waals surface area contributed by atoms with Crippen molar-refractivity contribution in [2.45, 2.75) is 25.7 Å². The Labute approximate surface area is 95.1 Å². The second kappa shape index (κ2) is 4.67. The third-order valence-corrected chi connectivity index (χ3v) is 2.85. The lowest BCUT2D eigenvalue weighted by Crippen LogP contribution is -2.11. The smallest absolute Gasteiger partial charge is 0.238 e. The normalized spacial score (nSPS) is 11.0. The second-order valence-electron chi connectivity index (χ2n) is 3.10. The largest absolute Gasteiger partial charge is 0.461 e. The third kappa shape index (κ3) is 2.62. The first-order valence-corrected chi connectivity index (χ1v) is 6.54. The number of sulfonamides is 1. The highest BCUT2D eigenvalue weighted by Crippen LogP contribution is 2.21. The minimum atomic E-state index is -3.65. The van der Waals surface area contributed by atoms with Crippen molar-refractivity contribution >= 4 is 21.0 Å². The maximum Gasteiger partial charge on any atom is 0.238 e. The monoisotopic (exact) mass is 241 g/mol. The number of fused-ring (bicyclic) bond motifs is 1. The van der Waals surface area contributed by atoms with Gasteiger partial charge in [-0.05, 0) is 25.1 Å². The Bertz CT molecular complexity index is 584. The number of hydrogen-bond acceptors (Lipinski definition) is 3. The van der Waals surface area contributed by atoms with Crippen LogP contribution < -0.4 is 5.14 Å². The molecule has 0 radical (unpaired) electrons. The molecule has 1 heterocycles. The summed E-state index contributed by atoms with van der Waals surface area (Å²) in [5.74, 6) is 0.742. The zero-order valence-corrected chi connectivity index (χ0v) is 10.3. The minimum absolute atomic E-state index is 0.0688. The zero-order chi connectivity index (χ0) is 12.3. The summed E-state index contributed by atoms with van der Waals surface area (Å²) < 4.78 is 27.3. The Hall–Kier alpha value is -1.33. The van der Waals surface area contributed by atoms with Crippen LogP contribution in [0.15, 0.2) is 33.6 Å². The van der Waals surface area contributed by atoms with Crippen LogP contribution in [0.25, 0.3) is 11.0 Å². The number of furan rings is 1. The van der Waals surface area contributed by atoms with Crippen molar-refractivity contribution < 1.29 is 12.8 Å². The lowest BCUT2D eigenvalue weighted by atomic mass is 10.2. The molecule has 0 aliphatic carbocycles. The van der Waals surface area contributed by atoms with Gasteiger partial charge in [0.2, 0.25) is 10.0 Å². The number of benzene rings is 1. The fourth-order valence-corrected chi connectivity index (χ4v) is 1.85. The number of hydrogen-bond donors (Lipinski definition) is 1. The second-order valence-corrected chi connectivity index (χ2v) is 4.66. The third-order valence-electron chi connectivity index (χ3n) is 1.94. The summed E-state index contributed by atoms with van der Waals surface area (Å²) in [7, 11) is -3.65. The Morgan fingerprint density at radius 1 is 1.19 bits per heavy atom. The molecular weight excluding hydrogens is 226 g/mol. The lowest BCUT2D eigenvalue weighted by molar-refractivity contribution is 0.576. The van der Waals surface area contributed by atoms with Gasteiger partial charge in [-0.2, -0.15) is 0 Å². The summed E-state index contributed by atoms with van der Waals surface area (Å²) in [4.78, 5) is 0.0688. The Morgan fingerprint density at radius 3 is 2.38 bits per heavy atom. The molecule has 0 fully saturated rings. The quantitative estimate of drug-likeness (QED) is 0.833. The van der Waals surface area contributed by atoms with Crippen LogP contribution in [0.3, 0.4) is 0 Å². The summed E-state index contributed by atoms with van der Waals surface area (Å²) in [6.45, 7) is 5.80. The van der Waals surface area contributed by atoms with E-state index in [1.165, 1.54) is 12.1 Å². The molecule has 4 nitrogen and oxygen atoms in total. The molecule has 0 unspecified atom stereocenters. The van der Waals surface area contributed by atoms with Gasteiger partial charge in [0.15, 0.2) is 0 Å². The molecule has 0 aliphatic rings. The van der Waals surface area contributed by atoms with Gasteiger partial charge >= 0.3 is 0 Å². The summed E-state index contributed by atoms with van der Waals surface area (Å²) in [6, 6.07) is 6.40. The van der Waals surface area contributed by atoms with E-state index in [-0.39, 0.29) is 4.90 Å². The summed E-state index contributed by atoms with van der Waals surface area (Å²) in [5, 5.41) is 5.86. The standard InChI is InChI=1S/C9H9NO3S.C2H6/c1-6-4-7-2-3-8(14(10,11)12)5-9(7)13-6;1-2/h2-5H,1H3,(H2,10,11,12);1-2H3. The van der Waals surface area contributed by atoms with Gasteiger partial charge in [0.1, 0.15) is 11.3 Å². The molecule has 0 spiro atoms. The SMILES string of the molecule is CC.Cc1cc2ccc(S(N)(=O)=O)cc2o1. The first kappa shape index (κ1) is 12.7. The fourth-order valence-electron chi connectivity index (χ4n) is 1.32. The van der Waals surface area contributed by atoms with Crippen molar-refractivity contribution in [3.05, 3.63) is 30.0 Å². The van der Waals surface area contributed by atoms with E-state index < -0.39 is 10.0 Å². The van der Waals surface area contributed by atoms with Crippen LogP contribution in [0.4, 0.5) is 0 Å². The van der Waals surface area contributed by atoms with Crippen molar-refractivity contribution in [2.24, 2.45) is 5.14 Å². The molecule has 1 aromatic heterocycles. The van der Waals surface area contributed by atoms with E-state index in [4.69, 9.17) is 9.56 Å². The average Bonchev–Trinajstić information content (AvgIpc) is 2.58. The molecule has 1 aromatic carbocycles. The van der Waals surface area contributed by atoms with Gasteiger partial charge in [-0.15, -0.1) is 0 Å². The predicted molar refractivity (Wildman–Crippen MR) is 63.7 cm³/mol. The van der Waals surface area contributed by atoms with Crippen LogP contribution in [-0.4, -0.2) is 8.42 Å². The average molecular weight is 241 g/mol. The lowest BCUT2D eigenvalue weighted by Gasteiger charge is -1.96. The first-order valence-electron chi connectivity index (χ1n) is 5.00. The predicted octanol–water partition coefficient (Wildman–Crippen LogP) is 2.41. The fraction of sp³-hybridized carbons (Fsp3) is 0.273. The van der Waals surface area contributed by atoms with Crippen molar-refractivity contribution in [1.82, 2.24) is 0 Å². The van der Waals surface area contributed by atoms with Gasteiger partial charge < -0.3 is 4.42 Å². The van der Waals surface area contributed by atoms with Gasteiger partial charge in [0, 0.05) is 11.5 Å². The highest BCUT2D eigenvalue weighted by atomic mass is 32.2. The number of primary sulfonamides is 1. The molecular formula is C11H15NO3S. The molecule has 2 aromatic rings. The van der Waals surface area contributed by atoms with Gasteiger partial charge in [0.25, 0.3) is 0 Å². The van der Waals surface area contributed by atoms with E-state index in [0.29, 0.717) is 5.58 Å². The minimum Gasteiger partial charge on any atom is -0.461 e. The number of rotatable bonds is 1. The molecule has 0 amide bonds. The van der Waals surface area contributed by atoms with Crippen molar-refractivity contribution in [1.29, 1.82) is 0 Å². The molecule has 0 bridgehead atoms. The highest BCUT2D eigenvalue weighted by molar-refractivity contribution is 7.89. The molecule has 0 saturated heterocycles. The summed E-state index contributed by atoms with van der Waals surface area (Å²) >= 11 is 0. The molecule has 2 rings (SSSR count). The highest BCUT2D eigenvalue weighted by Gasteiger charge is 2.09. The van der Waals surface area contributed by atoms with Gasteiger partial charge in [-0.25, -0.2) is 13.6 Å². The molecule has 5 heteroatoms. The van der Waals surface area contributed by atoms with Crippen LogP contribution in [0.2, 0.25) is 0 Å². The van der Waals surface area contributed by atoms with Gasteiger partial charge in [-0.3, -0.25) is 0 Å². The van der Waals surface area contributed by atoms with Crippen LogP contribution in [0.1, 0.15) is 19.6 Å². The van der Waals surface area contributed by atoms with Crippen molar-refractivity contribution in [2.75, 3.05) is 0 Å². The topological polar surface area (TPSA) is 73.3 Å². The Kier molecular flexibility index (Phi) is 3.72. The molecule has 16 heavy (non-hydrogen) atoms. The molecule has 0 aliphatic heterocycles. The van der Waals surface area contributed by atoms with Crippen LogP contribution in [0.5, 0.6) is 0 Å². The maximum atomic E-state index is 11.0. The first-order chi connectivity index (χ1) is 7.47. The van der Waals surface area contributed by atoms with E-state index >= 15 is 0 Å². The molecule has 2 N–H and O–H groups in total. The summed E-state index contributed by atoms with van der Waals surface area (Å²) in [6.07, 6.45) is 0. The van der Waals surface area contributed by atoms with Gasteiger partial charge in [0.05, 0.1) is 4.90 Å². The zero-order valence-electron chi connectivity index (χ0n) is 9.52. The van der Waals surface area contributed by atoms with E-state index in [1.54, 1.807) is 13.0 Å². The van der Waals surface area contributed by atoms with E-state index in [9.17, 15) is 8.42 Å².